The van der Waals surface area contributed by atoms with Crippen molar-refractivity contribution in [2.75, 3.05) is 6.54 Å². The van der Waals surface area contributed by atoms with Gasteiger partial charge in [-0.1, -0.05) is 6.92 Å². The van der Waals surface area contributed by atoms with Crippen molar-refractivity contribution < 1.29 is 17.9 Å². The summed E-state index contributed by atoms with van der Waals surface area (Å²) in [5, 5.41) is 3.24. The lowest BCUT2D eigenvalue weighted by Crippen LogP contribution is -2.28. The van der Waals surface area contributed by atoms with E-state index in [0.717, 1.165) is 36.2 Å². The van der Waals surface area contributed by atoms with E-state index in [2.05, 4.69) is 12.2 Å². The van der Waals surface area contributed by atoms with E-state index in [-0.39, 0.29) is 6.61 Å². The summed E-state index contributed by atoms with van der Waals surface area (Å²) in [6.45, 7) is 4.82. The summed E-state index contributed by atoms with van der Waals surface area (Å²) in [6.07, 6.45) is -4.95. The standard InChI is InChI=1S/C12H18F3NOS/c1-3-6-16-7-10-4-5-11(18-10)8-17-9(2)12(13,14)15/h4-5,9,16H,3,6-8H2,1-2H3. The van der Waals surface area contributed by atoms with E-state index in [9.17, 15) is 13.2 Å². The first-order valence-corrected chi connectivity index (χ1v) is 6.71. The van der Waals surface area contributed by atoms with Gasteiger partial charge in [0.05, 0.1) is 6.61 Å². The third-order valence-electron chi connectivity index (χ3n) is 2.38. The molecule has 104 valence electrons. The van der Waals surface area contributed by atoms with Crippen molar-refractivity contribution in [2.45, 2.75) is 45.7 Å². The van der Waals surface area contributed by atoms with Crippen molar-refractivity contribution in [1.82, 2.24) is 5.32 Å². The van der Waals surface area contributed by atoms with Gasteiger partial charge in [0.15, 0.2) is 6.10 Å². The van der Waals surface area contributed by atoms with Gasteiger partial charge >= 0.3 is 6.18 Å². The highest BCUT2D eigenvalue weighted by molar-refractivity contribution is 7.11. The van der Waals surface area contributed by atoms with Gasteiger partial charge in [-0.25, -0.2) is 0 Å². The minimum absolute atomic E-state index is 0.0130. The summed E-state index contributed by atoms with van der Waals surface area (Å²) in [7, 11) is 0. The SMILES string of the molecule is CCCNCc1ccc(COC(C)C(F)(F)F)s1. The molecule has 1 N–H and O–H groups in total. The predicted molar refractivity (Wildman–Crippen MR) is 66.6 cm³/mol. The second kappa shape index (κ2) is 7.11. The molecule has 0 bridgehead atoms. The van der Waals surface area contributed by atoms with Crippen LogP contribution in [0, 0.1) is 0 Å². The number of thiophene rings is 1. The van der Waals surface area contributed by atoms with Gasteiger partial charge in [0.2, 0.25) is 0 Å². The monoisotopic (exact) mass is 281 g/mol. The molecule has 1 heterocycles. The third-order valence-corrected chi connectivity index (χ3v) is 3.44. The second-order valence-electron chi connectivity index (χ2n) is 4.04. The van der Waals surface area contributed by atoms with Crippen LogP contribution < -0.4 is 5.32 Å². The van der Waals surface area contributed by atoms with Gasteiger partial charge in [-0.15, -0.1) is 11.3 Å². The van der Waals surface area contributed by atoms with E-state index in [4.69, 9.17) is 4.74 Å². The molecule has 0 aliphatic rings. The molecule has 18 heavy (non-hydrogen) atoms. The molecular weight excluding hydrogens is 263 g/mol. The maximum Gasteiger partial charge on any atom is 0.414 e. The number of rotatable bonds is 7. The van der Waals surface area contributed by atoms with E-state index in [0.29, 0.717) is 0 Å². The number of halogens is 3. The highest BCUT2D eigenvalue weighted by Crippen LogP contribution is 2.24. The fourth-order valence-electron chi connectivity index (χ4n) is 1.28. The van der Waals surface area contributed by atoms with Crippen LogP contribution in [-0.2, 0) is 17.9 Å². The molecule has 0 spiro atoms. The second-order valence-corrected chi connectivity index (χ2v) is 5.29. The smallest absolute Gasteiger partial charge is 0.364 e. The molecular formula is C12H18F3NOS. The summed E-state index contributed by atoms with van der Waals surface area (Å²) < 4.78 is 41.5. The van der Waals surface area contributed by atoms with Crippen molar-refractivity contribution in [2.24, 2.45) is 0 Å². The zero-order chi connectivity index (χ0) is 13.6. The molecule has 0 saturated carbocycles. The summed E-state index contributed by atoms with van der Waals surface area (Å²) in [5.74, 6) is 0. The lowest BCUT2D eigenvalue weighted by atomic mass is 10.4. The van der Waals surface area contributed by atoms with Crippen LogP contribution >= 0.6 is 11.3 Å². The number of nitrogens with one attached hydrogen (secondary N) is 1. The van der Waals surface area contributed by atoms with Crippen molar-refractivity contribution in [3.05, 3.63) is 21.9 Å². The zero-order valence-electron chi connectivity index (χ0n) is 10.5. The van der Waals surface area contributed by atoms with Gasteiger partial charge in [0.1, 0.15) is 0 Å². The Morgan fingerprint density at radius 1 is 1.33 bits per heavy atom. The Morgan fingerprint density at radius 2 is 2.00 bits per heavy atom. The highest BCUT2D eigenvalue weighted by Gasteiger charge is 2.36. The average Bonchev–Trinajstić information content (AvgIpc) is 2.73. The molecule has 0 saturated heterocycles. The molecule has 0 aliphatic heterocycles. The lowest BCUT2D eigenvalue weighted by Gasteiger charge is -2.15. The van der Waals surface area contributed by atoms with Crippen molar-refractivity contribution in [3.63, 3.8) is 0 Å². The van der Waals surface area contributed by atoms with E-state index >= 15 is 0 Å². The van der Waals surface area contributed by atoms with Gasteiger partial charge in [0, 0.05) is 16.3 Å². The average molecular weight is 281 g/mol. The molecule has 0 aromatic carbocycles. The Morgan fingerprint density at radius 3 is 2.61 bits per heavy atom. The Balaban J connectivity index is 2.35. The van der Waals surface area contributed by atoms with Crippen LogP contribution in [0.25, 0.3) is 0 Å². The van der Waals surface area contributed by atoms with E-state index in [1.807, 2.05) is 12.1 Å². The Hall–Kier alpha value is -0.590. The van der Waals surface area contributed by atoms with Crippen LogP contribution in [0.15, 0.2) is 12.1 Å². The van der Waals surface area contributed by atoms with Crippen LogP contribution in [0.2, 0.25) is 0 Å². The van der Waals surface area contributed by atoms with Crippen molar-refractivity contribution in [1.29, 1.82) is 0 Å². The molecule has 0 fully saturated rings. The molecule has 1 aromatic heterocycles. The largest absolute Gasteiger partial charge is 0.414 e. The summed E-state index contributed by atoms with van der Waals surface area (Å²) in [5.41, 5.74) is 0. The van der Waals surface area contributed by atoms with Gasteiger partial charge in [-0.3, -0.25) is 0 Å². The normalized spacial score (nSPS) is 13.8. The molecule has 1 unspecified atom stereocenters. The van der Waals surface area contributed by atoms with E-state index in [1.54, 1.807) is 0 Å². The lowest BCUT2D eigenvalue weighted by molar-refractivity contribution is -0.217. The third kappa shape index (κ3) is 5.37. The van der Waals surface area contributed by atoms with E-state index < -0.39 is 12.3 Å². The van der Waals surface area contributed by atoms with Crippen molar-refractivity contribution in [3.8, 4) is 0 Å². The molecule has 1 aromatic rings. The van der Waals surface area contributed by atoms with Gasteiger partial charge in [-0.2, -0.15) is 13.2 Å². The fraction of sp³-hybridized carbons (Fsp3) is 0.667. The summed E-state index contributed by atoms with van der Waals surface area (Å²) >= 11 is 1.48. The minimum Gasteiger partial charge on any atom is -0.364 e. The maximum atomic E-state index is 12.2. The number of hydrogen-bond donors (Lipinski definition) is 1. The molecule has 0 aliphatic carbocycles. The predicted octanol–water partition coefficient (Wildman–Crippen LogP) is 3.72. The number of hydrogen-bond acceptors (Lipinski definition) is 3. The van der Waals surface area contributed by atoms with Crippen LogP contribution in [0.3, 0.4) is 0 Å². The molecule has 6 heteroatoms. The first kappa shape index (κ1) is 15.5. The van der Waals surface area contributed by atoms with Gasteiger partial charge in [0.25, 0.3) is 0 Å². The molecule has 1 atom stereocenters. The highest BCUT2D eigenvalue weighted by atomic mass is 32.1. The molecule has 2 nitrogen and oxygen atoms in total. The van der Waals surface area contributed by atoms with Gasteiger partial charge in [-0.05, 0) is 32.0 Å². The fourth-order valence-corrected chi connectivity index (χ4v) is 2.20. The quantitative estimate of drug-likeness (QED) is 0.769. The van der Waals surface area contributed by atoms with Gasteiger partial charge < -0.3 is 10.1 Å². The van der Waals surface area contributed by atoms with Crippen LogP contribution in [-0.4, -0.2) is 18.8 Å². The first-order chi connectivity index (χ1) is 8.43. The van der Waals surface area contributed by atoms with Crippen LogP contribution in [0.1, 0.15) is 30.0 Å². The Kier molecular flexibility index (Phi) is 6.11. The maximum absolute atomic E-state index is 12.2. The molecule has 0 radical (unpaired) electrons. The number of alkyl halides is 3. The summed E-state index contributed by atoms with van der Waals surface area (Å²) in [4.78, 5) is 1.93. The topological polar surface area (TPSA) is 21.3 Å². The molecule has 1 rings (SSSR count). The van der Waals surface area contributed by atoms with Crippen LogP contribution in [0.5, 0.6) is 0 Å². The molecule has 0 amide bonds. The van der Waals surface area contributed by atoms with Crippen molar-refractivity contribution >= 4 is 11.3 Å². The minimum atomic E-state index is -4.29. The van der Waals surface area contributed by atoms with E-state index in [1.165, 1.54) is 11.3 Å². The summed E-state index contributed by atoms with van der Waals surface area (Å²) in [6, 6.07) is 3.74. The Labute approximate surface area is 109 Å². The number of ether oxygens (including phenoxy) is 1. The zero-order valence-corrected chi connectivity index (χ0v) is 11.3. The first-order valence-electron chi connectivity index (χ1n) is 5.90. The Bertz CT molecular complexity index is 351. The van der Waals surface area contributed by atoms with Crippen LogP contribution in [0.4, 0.5) is 13.2 Å².